The summed E-state index contributed by atoms with van der Waals surface area (Å²) in [5, 5.41) is 0. The summed E-state index contributed by atoms with van der Waals surface area (Å²) in [6.45, 7) is 10.2. The number of rotatable bonds is 14. The van der Waals surface area contributed by atoms with Crippen LogP contribution in [-0.2, 0) is 9.47 Å². The van der Waals surface area contributed by atoms with Crippen molar-refractivity contribution in [3.8, 4) is 0 Å². The zero-order valence-corrected chi connectivity index (χ0v) is 13.7. The number of unbranched alkanes of at least 4 members (excludes halogenated alkanes) is 6. The fourth-order valence-corrected chi connectivity index (χ4v) is 2.48. The van der Waals surface area contributed by atoms with Crippen LogP contribution in [0.5, 0.6) is 0 Å². The minimum absolute atomic E-state index is 0.449. The third kappa shape index (κ3) is 14.1. The van der Waals surface area contributed by atoms with Gasteiger partial charge in [-0.1, -0.05) is 44.9 Å². The summed E-state index contributed by atoms with van der Waals surface area (Å²) in [6, 6.07) is 0. The highest BCUT2D eigenvalue weighted by molar-refractivity contribution is 4.54. The predicted octanol–water partition coefficient (Wildman–Crippen LogP) is 5.35. The normalized spacial score (nSPS) is 14.5. The first kappa shape index (κ1) is 18.9. The van der Waals surface area contributed by atoms with Crippen LogP contribution in [0.25, 0.3) is 0 Å². The van der Waals surface area contributed by atoms with Gasteiger partial charge in [-0.25, -0.2) is 0 Å². The van der Waals surface area contributed by atoms with Crippen LogP contribution in [0.3, 0.4) is 0 Å². The average Bonchev–Trinajstić information content (AvgIpc) is 2.37. The van der Waals surface area contributed by atoms with E-state index in [4.69, 9.17) is 9.47 Å². The van der Waals surface area contributed by atoms with E-state index in [0.717, 1.165) is 13.2 Å². The van der Waals surface area contributed by atoms with Crippen molar-refractivity contribution in [3.05, 3.63) is 0 Å². The quantitative estimate of drug-likeness (QED) is 0.397. The molecule has 2 unspecified atom stereocenters. The molecule has 0 saturated heterocycles. The zero-order valence-electron chi connectivity index (χ0n) is 13.7. The molecule has 0 aromatic carbocycles. The minimum atomic E-state index is 0.449. The van der Waals surface area contributed by atoms with Gasteiger partial charge in [-0.05, 0) is 40.5 Å². The topological polar surface area (TPSA) is 18.5 Å². The lowest BCUT2D eigenvalue weighted by Crippen LogP contribution is -2.07. The van der Waals surface area contributed by atoms with E-state index >= 15 is 0 Å². The lowest BCUT2D eigenvalue weighted by Gasteiger charge is -2.11. The van der Waals surface area contributed by atoms with Crippen LogP contribution < -0.4 is 0 Å². The van der Waals surface area contributed by atoms with Crippen molar-refractivity contribution in [2.75, 3.05) is 13.2 Å². The van der Waals surface area contributed by atoms with Gasteiger partial charge >= 0.3 is 0 Å². The minimum Gasteiger partial charge on any atom is -0.379 e. The molecule has 0 aromatic heterocycles. The molecule has 0 bridgehead atoms. The van der Waals surface area contributed by atoms with Crippen LogP contribution in [0.4, 0.5) is 0 Å². The van der Waals surface area contributed by atoms with Crippen molar-refractivity contribution in [1.82, 2.24) is 0 Å². The van der Waals surface area contributed by atoms with E-state index in [2.05, 4.69) is 27.7 Å². The highest BCUT2D eigenvalue weighted by atomic mass is 16.5. The first-order chi connectivity index (χ1) is 9.20. The van der Waals surface area contributed by atoms with Gasteiger partial charge in [0.2, 0.25) is 0 Å². The monoisotopic (exact) mass is 272 g/mol. The van der Waals surface area contributed by atoms with Gasteiger partial charge < -0.3 is 9.47 Å². The molecule has 2 heteroatoms. The summed E-state index contributed by atoms with van der Waals surface area (Å²) in [6.07, 6.45) is 12.9. The molecule has 0 spiro atoms. The standard InChI is InChI=1S/C17H36O2/c1-5-18-16(3)14-12-10-8-7-9-11-13-15-17(4)19-6-2/h16-17H,5-15H2,1-4H3. The van der Waals surface area contributed by atoms with Gasteiger partial charge in [0, 0.05) is 13.2 Å². The van der Waals surface area contributed by atoms with E-state index in [1.807, 2.05) is 0 Å². The Morgan fingerprint density at radius 3 is 1.21 bits per heavy atom. The summed E-state index contributed by atoms with van der Waals surface area (Å²) in [7, 11) is 0. The van der Waals surface area contributed by atoms with Gasteiger partial charge in [0.05, 0.1) is 12.2 Å². The Morgan fingerprint density at radius 2 is 0.895 bits per heavy atom. The molecule has 0 aliphatic rings. The van der Waals surface area contributed by atoms with Gasteiger partial charge in [0.1, 0.15) is 0 Å². The maximum absolute atomic E-state index is 5.53. The molecular formula is C17H36O2. The number of ether oxygens (including phenoxy) is 2. The molecule has 0 fully saturated rings. The van der Waals surface area contributed by atoms with E-state index in [0.29, 0.717) is 12.2 Å². The molecule has 0 aliphatic carbocycles. The first-order valence-corrected chi connectivity index (χ1v) is 8.43. The number of hydrogen-bond acceptors (Lipinski definition) is 2. The molecule has 0 amide bonds. The molecule has 0 aliphatic heterocycles. The van der Waals surface area contributed by atoms with Crippen LogP contribution in [-0.4, -0.2) is 25.4 Å². The van der Waals surface area contributed by atoms with Crippen LogP contribution in [0.1, 0.15) is 85.5 Å². The maximum Gasteiger partial charge on any atom is 0.0546 e. The molecule has 0 rings (SSSR count). The van der Waals surface area contributed by atoms with Crippen LogP contribution >= 0.6 is 0 Å². The third-order valence-electron chi connectivity index (χ3n) is 3.62. The maximum atomic E-state index is 5.53. The molecular weight excluding hydrogens is 236 g/mol. The van der Waals surface area contributed by atoms with Gasteiger partial charge in [-0.2, -0.15) is 0 Å². The highest BCUT2D eigenvalue weighted by Gasteiger charge is 2.01. The van der Waals surface area contributed by atoms with Gasteiger partial charge in [0.15, 0.2) is 0 Å². The first-order valence-electron chi connectivity index (χ1n) is 8.43. The van der Waals surface area contributed by atoms with E-state index in [1.165, 1.54) is 57.8 Å². The smallest absolute Gasteiger partial charge is 0.0546 e. The summed E-state index contributed by atoms with van der Waals surface area (Å²) < 4.78 is 11.1. The summed E-state index contributed by atoms with van der Waals surface area (Å²) in [5.41, 5.74) is 0. The summed E-state index contributed by atoms with van der Waals surface area (Å²) in [5.74, 6) is 0. The van der Waals surface area contributed by atoms with Crippen LogP contribution in [0, 0.1) is 0 Å². The average molecular weight is 272 g/mol. The Kier molecular flexibility index (Phi) is 14.3. The molecule has 2 nitrogen and oxygen atoms in total. The zero-order chi connectivity index (χ0) is 14.3. The van der Waals surface area contributed by atoms with E-state index < -0.39 is 0 Å². The Labute approximate surface area is 121 Å². The second-order valence-electron chi connectivity index (χ2n) is 5.58. The van der Waals surface area contributed by atoms with Crippen molar-refractivity contribution in [1.29, 1.82) is 0 Å². The summed E-state index contributed by atoms with van der Waals surface area (Å²) in [4.78, 5) is 0. The molecule has 0 N–H and O–H groups in total. The lowest BCUT2D eigenvalue weighted by atomic mass is 10.0. The van der Waals surface area contributed by atoms with Crippen molar-refractivity contribution in [2.45, 2.75) is 97.7 Å². The third-order valence-corrected chi connectivity index (χ3v) is 3.62. The Morgan fingerprint density at radius 1 is 0.579 bits per heavy atom. The molecule has 19 heavy (non-hydrogen) atoms. The fraction of sp³-hybridized carbons (Fsp3) is 1.00. The fourth-order valence-electron chi connectivity index (χ4n) is 2.48. The lowest BCUT2D eigenvalue weighted by molar-refractivity contribution is 0.0681. The van der Waals surface area contributed by atoms with Crippen molar-refractivity contribution >= 4 is 0 Å². The van der Waals surface area contributed by atoms with E-state index in [9.17, 15) is 0 Å². The summed E-state index contributed by atoms with van der Waals surface area (Å²) >= 11 is 0. The Balaban J connectivity index is 3.10. The number of hydrogen-bond donors (Lipinski definition) is 0. The molecule has 116 valence electrons. The molecule has 0 aromatic rings. The van der Waals surface area contributed by atoms with Crippen molar-refractivity contribution < 1.29 is 9.47 Å². The van der Waals surface area contributed by atoms with Crippen molar-refractivity contribution in [3.63, 3.8) is 0 Å². The van der Waals surface area contributed by atoms with Crippen LogP contribution in [0.2, 0.25) is 0 Å². The van der Waals surface area contributed by atoms with E-state index in [1.54, 1.807) is 0 Å². The second kappa shape index (κ2) is 14.3. The van der Waals surface area contributed by atoms with Crippen LogP contribution in [0.15, 0.2) is 0 Å². The van der Waals surface area contributed by atoms with Gasteiger partial charge in [-0.3, -0.25) is 0 Å². The van der Waals surface area contributed by atoms with Gasteiger partial charge in [0.25, 0.3) is 0 Å². The van der Waals surface area contributed by atoms with E-state index in [-0.39, 0.29) is 0 Å². The molecule has 0 saturated carbocycles. The molecule has 0 radical (unpaired) electrons. The van der Waals surface area contributed by atoms with Gasteiger partial charge in [-0.15, -0.1) is 0 Å². The molecule has 0 heterocycles. The Hall–Kier alpha value is -0.0800. The largest absolute Gasteiger partial charge is 0.379 e. The predicted molar refractivity (Wildman–Crippen MR) is 83.7 cm³/mol. The highest BCUT2D eigenvalue weighted by Crippen LogP contribution is 2.13. The van der Waals surface area contributed by atoms with Crippen molar-refractivity contribution in [2.24, 2.45) is 0 Å². The Bertz CT molecular complexity index is 153. The second-order valence-corrected chi connectivity index (χ2v) is 5.58. The SMILES string of the molecule is CCOC(C)CCCCCCCCCC(C)OCC. The molecule has 2 atom stereocenters.